The first-order valence-corrected chi connectivity index (χ1v) is 7.18. The van der Waals surface area contributed by atoms with E-state index in [0.717, 1.165) is 6.07 Å². The highest BCUT2D eigenvalue weighted by Crippen LogP contribution is 2.33. The maximum absolute atomic E-state index is 12.9. The molecule has 0 aliphatic carbocycles. The van der Waals surface area contributed by atoms with Crippen LogP contribution in [0.2, 0.25) is 0 Å². The summed E-state index contributed by atoms with van der Waals surface area (Å²) in [6, 6.07) is 3.13. The predicted molar refractivity (Wildman–Crippen MR) is 73.6 cm³/mol. The van der Waals surface area contributed by atoms with Crippen LogP contribution in [0.1, 0.15) is 23.6 Å². The molecular weight excluding hydrogens is 376 g/mol. The lowest BCUT2D eigenvalue weighted by atomic mass is 9.99. The minimum Gasteiger partial charge on any atom is -0.366 e. The smallest absolute Gasteiger partial charge is 0.366 e. The van der Waals surface area contributed by atoms with E-state index in [2.05, 4.69) is 0 Å². The van der Waals surface area contributed by atoms with Crippen LogP contribution in [0.4, 0.5) is 26.3 Å². The third-order valence-corrected chi connectivity index (χ3v) is 3.80. The Hall–Kier alpha value is -2.50. The van der Waals surface area contributed by atoms with Crippen LogP contribution in [-0.2, 0) is 16.5 Å². The molecule has 134 valence electrons. The third kappa shape index (κ3) is 4.32. The third-order valence-electron chi connectivity index (χ3n) is 3.00. The molecule has 0 radical (unpaired) electrons. The highest BCUT2D eigenvalue weighted by atomic mass is 32.2. The van der Waals surface area contributed by atoms with Crippen LogP contribution in [0.25, 0.3) is 0 Å². The van der Waals surface area contributed by atoms with Gasteiger partial charge in [-0.25, -0.2) is 0 Å². The highest BCUT2D eigenvalue weighted by molar-refractivity contribution is 7.73. The van der Waals surface area contributed by atoms with Crippen molar-refractivity contribution in [2.75, 3.05) is 0 Å². The van der Waals surface area contributed by atoms with Gasteiger partial charge < -0.3 is 5.11 Å². The van der Waals surface area contributed by atoms with Crippen molar-refractivity contribution in [2.24, 2.45) is 0 Å². The topological polar surface area (TPSA) is 78.2 Å². The molecule has 0 saturated carbocycles. The molecule has 1 unspecified atom stereocenters. The highest BCUT2D eigenvalue weighted by Gasteiger charge is 2.56. The molecule has 25 heavy (non-hydrogen) atoms. The Morgan fingerprint density at radius 2 is 1.72 bits per heavy atom. The summed E-state index contributed by atoms with van der Waals surface area (Å²) in [5.41, 5.74) is -6.86. The van der Waals surface area contributed by atoms with Crippen LogP contribution in [0, 0.1) is 23.2 Å². The van der Waals surface area contributed by atoms with Crippen LogP contribution >= 0.6 is 0 Å². The Morgan fingerprint density at radius 1 is 1.16 bits per heavy atom. The molecule has 0 aliphatic heterocycles. The number of nitrogens with zero attached hydrogens (tertiary/aromatic N) is 1. The van der Waals surface area contributed by atoms with Crippen LogP contribution in [0.5, 0.6) is 0 Å². The molecule has 1 atom stereocenters. The van der Waals surface area contributed by atoms with Crippen LogP contribution in [0.3, 0.4) is 0 Å². The van der Waals surface area contributed by atoms with Gasteiger partial charge in [-0.05, 0) is 31.0 Å². The number of aliphatic hydroxyl groups is 1. The fourth-order valence-corrected chi connectivity index (χ4v) is 2.00. The number of rotatable bonds is 1. The molecule has 0 heterocycles. The van der Waals surface area contributed by atoms with Crippen molar-refractivity contribution in [3.05, 3.63) is 34.9 Å². The van der Waals surface area contributed by atoms with Crippen molar-refractivity contribution < 1.29 is 39.9 Å². The van der Waals surface area contributed by atoms with Gasteiger partial charge in [0.1, 0.15) is 0 Å². The zero-order valence-corrected chi connectivity index (χ0v) is 12.9. The number of hydrogen-bond acceptors (Lipinski definition) is 4. The van der Waals surface area contributed by atoms with E-state index >= 15 is 0 Å². The molecule has 0 fully saturated rings. The Kier molecular flexibility index (Phi) is 5.57. The van der Waals surface area contributed by atoms with Crippen molar-refractivity contribution in [1.29, 1.82) is 5.26 Å². The summed E-state index contributed by atoms with van der Waals surface area (Å²) in [6.45, 7) is 0.463. The molecule has 1 aromatic rings. The van der Waals surface area contributed by atoms with E-state index in [0.29, 0.717) is 19.1 Å². The molecule has 4 nitrogen and oxygen atoms in total. The van der Waals surface area contributed by atoms with Crippen LogP contribution in [-0.4, -0.2) is 30.2 Å². The van der Waals surface area contributed by atoms with Crippen molar-refractivity contribution in [3.63, 3.8) is 0 Å². The molecule has 0 amide bonds. The van der Waals surface area contributed by atoms with E-state index in [-0.39, 0.29) is 0 Å². The minimum atomic E-state index is -5.51. The summed E-state index contributed by atoms with van der Waals surface area (Å²) < 4.78 is 98.6. The molecule has 0 spiro atoms. The summed E-state index contributed by atoms with van der Waals surface area (Å²) in [5.74, 6) is 2.92. The Labute approximate surface area is 138 Å². The number of hydrogen-bond donors (Lipinski definition) is 1. The second-order valence-corrected chi connectivity index (χ2v) is 5.70. The zero-order chi connectivity index (χ0) is 19.6. The maximum atomic E-state index is 12.9. The first-order chi connectivity index (χ1) is 11.2. The van der Waals surface area contributed by atoms with Gasteiger partial charge >= 0.3 is 12.4 Å². The lowest BCUT2D eigenvalue weighted by molar-refractivity contribution is -0.207. The fraction of sp³-hybridized carbons (Fsp3) is 0.286. The van der Waals surface area contributed by atoms with Gasteiger partial charge in [0, 0.05) is 5.56 Å². The van der Waals surface area contributed by atoms with Gasteiger partial charge in [-0.15, -0.1) is 0 Å². The van der Waals surface area contributed by atoms with Gasteiger partial charge in [-0.1, -0.05) is 5.92 Å². The molecule has 1 N–H and O–H groups in total. The molecule has 0 aliphatic rings. The number of benzene rings is 1. The van der Waals surface area contributed by atoms with E-state index in [9.17, 15) is 39.9 Å². The standard InChI is InChI=1S/C14H7F6NO3S/c1-8(25(23)24)12(22,14(18,19)20)5-4-9-2-3-10(7-21)11(6-9)13(15,16)17/h2-3,6,22H,1H3. The SMILES string of the molecule is CC(=S(=O)=O)C(O)(C#Cc1ccc(C#N)c(C(F)(F)F)c1)C(F)(F)F. The number of alkyl halides is 6. The minimum absolute atomic E-state index is 0.325. The molecule has 0 saturated heterocycles. The second kappa shape index (κ2) is 6.78. The Morgan fingerprint density at radius 3 is 2.12 bits per heavy atom. The first-order valence-electron chi connectivity index (χ1n) is 6.11. The van der Waals surface area contributed by atoms with Gasteiger partial charge in [0.25, 0.3) is 5.60 Å². The summed E-state index contributed by atoms with van der Waals surface area (Å²) in [5, 5.41) is 18.2. The molecular formula is C14H7F6NO3S. The Balaban J connectivity index is 3.59. The van der Waals surface area contributed by atoms with E-state index in [1.165, 1.54) is 12.0 Å². The van der Waals surface area contributed by atoms with E-state index in [1.807, 2.05) is 0 Å². The molecule has 0 bridgehead atoms. The zero-order valence-electron chi connectivity index (χ0n) is 12.1. The predicted octanol–water partition coefficient (Wildman–Crippen LogP) is 2.29. The molecule has 1 aromatic carbocycles. The molecule has 11 heteroatoms. The van der Waals surface area contributed by atoms with Crippen LogP contribution < -0.4 is 0 Å². The summed E-state index contributed by atoms with van der Waals surface area (Å²) >= 11 is 0. The van der Waals surface area contributed by atoms with E-state index in [4.69, 9.17) is 5.26 Å². The van der Waals surface area contributed by atoms with Crippen molar-refractivity contribution in [2.45, 2.75) is 24.9 Å². The van der Waals surface area contributed by atoms with E-state index in [1.54, 1.807) is 5.92 Å². The average Bonchev–Trinajstić information content (AvgIpc) is 2.49. The second-order valence-electron chi connectivity index (χ2n) is 4.62. The van der Waals surface area contributed by atoms with Gasteiger partial charge in [0.05, 0.1) is 22.1 Å². The summed E-state index contributed by atoms with van der Waals surface area (Å²) in [4.78, 5) is -1.46. The van der Waals surface area contributed by atoms with Gasteiger partial charge in [-0.3, -0.25) is 0 Å². The molecule has 0 aromatic heterocycles. The van der Waals surface area contributed by atoms with Crippen molar-refractivity contribution >= 4 is 15.2 Å². The van der Waals surface area contributed by atoms with Crippen molar-refractivity contribution in [3.8, 4) is 17.9 Å². The largest absolute Gasteiger partial charge is 0.433 e. The fourth-order valence-electron chi connectivity index (χ4n) is 1.60. The monoisotopic (exact) mass is 383 g/mol. The first kappa shape index (κ1) is 20.5. The average molecular weight is 383 g/mol. The number of halogens is 6. The van der Waals surface area contributed by atoms with Gasteiger partial charge in [-0.2, -0.15) is 40.0 Å². The van der Waals surface area contributed by atoms with Crippen molar-refractivity contribution in [1.82, 2.24) is 0 Å². The van der Waals surface area contributed by atoms with Crippen LogP contribution in [0.15, 0.2) is 18.2 Å². The molecule has 1 rings (SSSR count). The number of nitriles is 1. The Bertz CT molecular complexity index is 921. The maximum Gasteiger partial charge on any atom is 0.433 e. The van der Waals surface area contributed by atoms with E-state index < -0.39 is 49.8 Å². The van der Waals surface area contributed by atoms with Gasteiger partial charge in [0.15, 0.2) is 0 Å². The van der Waals surface area contributed by atoms with Gasteiger partial charge in [0.2, 0.25) is 10.3 Å². The lowest BCUT2D eigenvalue weighted by Crippen LogP contribution is -2.50. The normalized spacial score (nSPS) is 13.9. The quantitative estimate of drug-likeness (QED) is 0.459. The lowest BCUT2D eigenvalue weighted by Gasteiger charge is -2.23. The summed E-state index contributed by atoms with van der Waals surface area (Å²) in [6.07, 6.45) is -10.5. The summed E-state index contributed by atoms with van der Waals surface area (Å²) in [7, 11) is -3.44.